The van der Waals surface area contributed by atoms with E-state index in [2.05, 4.69) is 30.7 Å². The predicted octanol–water partition coefficient (Wildman–Crippen LogP) is 1.80. The minimum Gasteiger partial charge on any atom is -0.337 e. The fourth-order valence-corrected chi connectivity index (χ4v) is 4.00. The first-order valence-electron chi connectivity index (χ1n) is 9.35. The van der Waals surface area contributed by atoms with Crippen LogP contribution in [0, 0.1) is 0 Å². The van der Waals surface area contributed by atoms with Crippen LogP contribution in [0.5, 0.6) is 0 Å². The van der Waals surface area contributed by atoms with Gasteiger partial charge in [0.2, 0.25) is 5.91 Å². The molecule has 4 heterocycles. The van der Waals surface area contributed by atoms with E-state index in [0.29, 0.717) is 30.2 Å². The summed E-state index contributed by atoms with van der Waals surface area (Å²) in [5.41, 5.74) is 2.59. The number of fused-ring (bicyclic) bond motifs is 2. The molecule has 0 spiro atoms. The van der Waals surface area contributed by atoms with Crippen molar-refractivity contribution in [2.24, 2.45) is 0 Å². The van der Waals surface area contributed by atoms with Crippen LogP contribution in [0.3, 0.4) is 0 Å². The fraction of sp³-hybridized carbons (Fsp3) is 0.550. The minimum absolute atomic E-state index is 0.000358. The molecule has 2 fully saturated rings. The van der Waals surface area contributed by atoms with Crippen molar-refractivity contribution in [3.63, 3.8) is 0 Å². The second-order valence-corrected chi connectivity index (χ2v) is 8.50. The molecule has 0 aromatic carbocycles. The maximum Gasteiger partial charge on any atom is 0.262 e. The summed E-state index contributed by atoms with van der Waals surface area (Å²) < 4.78 is 1.64. The molecule has 0 bridgehead atoms. The van der Waals surface area contributed by atoms with E-state index in [0.717, 1.165) is 26.1 Å². The number of piperazine rings is 1. The number of carbonyl (C=O) groups excluding carboxylic acids is 1. The average Bonchev–Trinajstić information content (AvgIpc) is 2.97. The summed E-state index contributed by atoms with van der Waals surface area (Å²) in [4.78, 5) is 33.5. The van der Waals surface area contributed by atoms with Crippen LogP contribution in [0.15, 0.2) is 29.3 Å². The van der Waals surface area contributed by atoms with Gasteiger partial charge in [0.1, 0.15) is 5.65 Å². The van der Waals surface area contributed by atoms with Gasteiger partial charge in [-0.1, -0.05) is 20.8 Å². The van der Waals surface area contributed by atoms with Gasteiger partial charge in [-0.05, 0) is 29.5 Å². The van der Waals surface area contributed by atoms with Crippen LogP contribution in [0.2, 0.25) is 0 Å². The Morgan fingerprint density at radius 3 is 2.81 bits per heavy atom. The maximum absolute atomic E-state index is 12.9. The molecule has 4 rings (SSSR count). The molecular weight excluding hydrogens is 328 g/mol. The molecule has 0 aliphatic carbocycles. The number of pyridine rings is 1. The van der Waals surface area contributed by atoms with Crippen molar-refractivity contribution in [2.45, 2.75) is 51.6 Å². The number of nitrogens with zero attached hydrogens (tertiary/aromatic N) is 4. The Balaban J connectivity index is 1.57. The Kier molecular flexibility index (Phi) is 4.10. The van der Waals surface area contributed by atoms with Gasteiger partial charge in [0.25, 0.3) is 5.56 Å². The standard InChI is InChI=1S/C20H26N4O2/c1-20(2,3)15-6-7-24-17(10-15)21-11-14(19(24)26)12-22-8-9-23-16(13-22)4-5-18(23)25/h6-7,10-11,16H,4-5,8-9,12-13H2,1-3H3. The number of hydrogen-bond donors (Lipinski definition) is 0. The Bertz CT molecular complexity index is 912. The number of aromatic nitrogens is 2. The van der Waals surface area contributed by atoms with Crippen LogP contribution >= 0.6 is 0 Å². The zero-order valence-corrected chi connectivity index (χ0v) is 15.7. The highest BCUT2D eigenvalue weighted by molar-refractivity contribution is 5.78. The molecule has 2 aliphatic heterocycles. The van der Waals surface area contributed by atoms with E-state index in [4.69, 9.17) is 0 Å². The predicted molar refractivity (Wildman–Crippen MR) is 100 cm³/mol. The lowest BCUT2D eigenvalue weighted by atomic mass is 9.88. The number of amides is 1. The van der Waals surface area contributed by atoms with E-state index in [1.807, 2.05) is 23.2 Å². The number of rotatable bonds is 2. The van der Waals surface area contributed by atoms with E-state index in [9.17, 15) is 9.59 Å². The Labute approximate surface area is 153 Å². The highest BCUT2D eigenvalue weighted by atomic mass is 16.2. The van der Waals surface area contributed by atoms with Gasteiger partial charge in [0.05, 0.1) is 5.56 Å². The Morgan fingerprint density at radius 1 is 1.23 bits per heavy atom. The SMILES string of the molecule is CC(C)(C)c1ccn2c(=O)c(CN3CCN4C(=O)CCC4C3)cnc2c1. The van der Waals surface area contributed by atoms with Gasteiger partial charge in [0.15, 0.2) is 0 Å². The van der Waals surface area contributed by atoms with Crippen molar-refractivity contribution < 1.29 is 4.79 Å². The van der Waals surface area contributed by atoms with Crippen molar-refractivity contribution in [1.29, 1.82) is 0 Å². The highest BCUT2D eigenvalue weighted by Crippen LogP contribution is 2.24. The highest BCUT2D eigenvalue weighted by Gasteiger charge is 2.35. The number of carbonyl (C=O) groups is 1. The second kappa shape index (κ2) is 6.20. The Hall–Kier alpha value is -2.21. The van der Waals surface area contributed by atoms with E-state index < -0.39 is 0 Å². The first-order valence-corrected chi connectivity index (χ1v) is 9.35. The van der Waals surface area contributed by atoms with Gasteiger partial charge in [-0.3, -0.25) is 18.9 Å². The maximum atomic E-state index is 12.9. The Morgan fingerprint density at radius 2 is 2.04 bits per heavy atom. The van der Waals surface area contributed by atoms with Crippen LogP contribution < -0.4 is 5.56 Å². The van der Waals surface area contributed by atoms with Gasteiger partial charge in [-0.15, -0.1) is 0 Å². The van der Waals surface area contributed by atoms with Crippen molar-refractivity contribution in [2.75, 3.05) is 19.6 Å². The van der Waals surface area contributed by atoms with Crippen LogP contribution in [0.25, 0.3) is 5.65 Å². The zero-order chi connectivity index (χ0) is 18.5. The molecular formula is C20H26N4O2. The third-order valence-corrected chi connectivity index (χ3v) is 5.62. The molecule has 2 aromatic rings. The molecule has 2 aliphatic rings. The summed E-state index contributed by atoms with van der Waals surface area (Å²) >= 11 is 0. The third kappa shape index (κ3) is 3.03. The lowest BCUT2D eigenvalue weighted by Crippen LogP contribution is -2.51. The molecule has 0 saturated carbocycles. The lowest BCUT2D eigenvalue weighted by Gasteiger charge is -2.37. The van der Waals surface area contributed by atoms with E-state index in [1.165, 1.54) is 5.56 Å². The van der Waals surface area contributed by atoms with E-state index in [-0.39, 0.29) is 16.9 Å². The molecule has 1 unspecified atom stereocenters. The molecule has 1 amide bonds. The lowest BCUT2D eigenvalue weighted by molar-refractivity contribution is -0.130. The first kappa shape index (κ1) is 17.2. The van der Waals surface area contributed by atoms with Gasteiger partial charge in [-0.2, -0.15) is 0 Å². The largest absolute Gasteiger partial charge is 0.337 e. The summed E-state index contributed by atoms with van der Waals surface area (Å²) in [6.07, 6.45) is 5.15. The van der Waals surface area contributed by atoms with Crippen molar-refractivity contribution in [3.05, 3.63) is 46.0 Å². The smallest absolute Gasteiger partial charge is 0.262 e. The van der Waals surface area contributed by atoms with Crippen molar-refractivity contribution in [3.8, 4) is 0 Å². The molecule has 0 radical (unpaired) electrons. The van der Waals surface area contributed by atoms with E-state index >= 15 is 0 Å². The third-order valence-electron chi connectivity index (χ3n) is 5.62. The van der Waals surface area contributed by atoms with Crippen molar-refractivity contribution in [1.82, 2.24) is 19.2 Å². The van der Waals surface area contributed by atoms with Crippen LogP contribution in [-0.4, -0.2) is 50.8 Å². The number of hydrogen-bond acceptors (Lipinski definition) is 4. The van der Waals surface area contributed by atoms with Gasteiger partial charge < -0.3 is 4.90 Å². The van der Waals surface area contributed by atoms with Crippen molar-refractivity contribution >= 4 is 11.6 Å². The fourth-order valence-electron chi connectivity index (χ4n) is 4.00. The summed E-state index contributed by atoms with van der Waals surface area (Å²) in [6, 6.07) is 4.30. The van der Waals surface area contributed by atoms with E-state index in [1.54, 1.807) is 10.6 Å². The van der Waals surface area contributed by atoms with Crippen LogP contribution in [-0.2, 0) is 16.8 Å². The molecule has 138 valence electrons. The summed E-state index contributed by atoms with van der Waals surface area (Å²) in [7, 11) is 0. The van der Waals surface area contributed by atoms with Gasteiger partial charge in [-0.25, -0.2) is 4.98 Å². The molecule has 6 nitrogen and oxygen atoms in total. The second-order valence-electron chi connectivity index (χ2n) is 8.50. The zero-order valence-electron chi connectivity index (χ0n) is 15.7. The summed E-state index contributed by atoms with van der Waals surface area (Å²) in [5, 5.41) is 0. The monoisotopic (exact) mass is 354 g/mol. The topological polar surface area (TPSA) is 57.9 Å². The quantitative estimate of drug-likeness (QED) is 0.825. The molecule has 1 atom stereocenters. The molecule has 2 aromatic heterocycles. The summed E-state index contributed by atoms with van der Waals surface area (Å²) in [6.45, 7) is 9.47. The normalized spacial score (nSPS) is 21.4. The van der Waals surface area contributed by atoms with Gasteiger partial charge >= 0.3 is 0 Å². The molecule has 0 N–H and O–H groups in total. The van der Waals surface area contributed by atoms with Crippen LogP contribution in [0.1, 0.15) is 44.7 Å². The summed E-state index contributed by atoms with van der Waals surface area (Å²) in [5.74, 6) is 0.275. The average molecular weight is 354 g/mol. The van der Waals surface area contributed by atoms with Crippen LogP contribution in [0.4, 0.5) is 0 Å². The molecule has 6 heteroatoms. The molecule has 26 heavy (non-hydrogen) atoms. The van der Waals surface area contributed by atoms with Gasteiger partial charge in [0, 0.05) is 51.0 Å². The first-order chi connectivity index (χ1) is 12.3. The molecule has 2 saturated heterocycles. The minimum atomic E-state index is 0.000358.